The molecular weight excluding hydrogens is 644 g/mol. The van der Waals surface area contributed by atoms with Gasteiger partial charge in [0.1, 0.15) is 0 Å². The Balaban J connectivity index is 1.59. The number of nitrogens with zero attached hydrogens (tertiary/aromatic N) is 2. The number of carbonyl (C=O) groups excluding carboxylic acids is 4. The van der Waals surface area contributed by atoms with E-state index < -0.39 is 35.0 Å². The number of benzene rings is 2. The van der Waals surface area contributed by atoms with Crippen LogP contribution < -0.4 is 9.64 Å². The predicted octanol–water partition coefficient (Wildman–Crippen LogP) is 5.18. The molecular formula is C30H28Br2N2O6. The minimum atomic E-state index is -1.19. The second-order valence-corrected chi connectivity index (χ2v) is 12.6. The molecule has 0 aromatic heterocycles. The molecule has 2 aromatic rings. The number of imide groups is 2. The van der Waals surface area contributed by atoms with Gasteiger partial charge in [-0.05, 0) is 88.2 Å². The van der Waals surface area contributed by atoms with Crippen LogP contribution in [0.5, 0.6) is 11.5 Å². The Bertz CT molecular complexity index is 1510. The Morgan fingerprint density at radius 1 is 1.02 bits per heavy atom. The Morgan fingerprint density at radius 2 is 1.73 bits per heavy atom. The third kappa shape index (κ3) is 3.47. The van der Waals surface area contributed by atoms with Crippen molar-refractivity contribution in [3.63, 3.8) is 0 Å². The zero-order valence-electron chi connectivity index (χ0n) is 22.2. The van der Waals surface area contributed by atoms with Crippen molar-refractivity contribution in [3.05, 3.63) is 62.6 Å². The fourth-order valence-corrected chi connectivity index (χ4v) is 8.49. The number of rotatable bonds is 4. The zero-order valence-corrected chi connectivity index (χ0v) is 25.4. The molecule has 1 saturated carbocycles. The first-order valence-electron chi connectivity index (χ1n) is 13.3. The number of likely N-dealkylation sites (tertiary alicyclic amines) is 1. The van der Waals surface area contributed by atoms with Crippen LogP contribution in [0.2, 0.25) is 0 Å². The summed E-state index contributed by atoms with van der Waals surface area (Å²) in [7, 11) is 1.45. The highest BCUT2D eigenvalue weighted by Gasteiger charge is 2.67. The van der Waals surface area contributed by atoms with Crippen molar-refractivity contribution in [2.24, 2.45) is 29.1 Å². The lowest BCUT2D eigenvalue weighted by molar-refractivity contribution is -0.140. The predicted molar refractivity (Wildman–Crippen MR) is 154 cm³/mol. The van der Waals surface area contributed by atoms with Crippen molar-refractivity contribution < 1.29 is 29.0 Å². The van der Waals surface area contributed by atoms with E-state index in [4.69, 9.17) is 4.74 Å². The summed E-state index contributed by atoms with van der Waals surface area (Å²) in [6.07, 6.45) is 2.68. The quantitative estimate of drug-likeness (QED) is 0.355. The molecule has 3 fully saturated rings. The van der Waals surface area contributed by atoms with Gasteiger partial charge in [0.15, 0.2) is 11.5 Å². The molecule has 8 nitrogen and oxygen atoms in total. The summed E-state index contributed by atoms with van der Waals surface area (Å²) >= 11 is 7.09. The average molecular weight is 672 g/mol. The molecule has 2 heterocycles. The second kappa shape index (κ2) is 9.55. The zero-order chi connectivity index (χ0) is 28.7. The first kappa shape index (κ1) is 27.2. The van der Waals surface area contributed by atoms with E-state index in [2.05, 4.69) is 31.9 Å². The molecule has 6 rings (SSSR count). The Hall–Kier alpha value is -2.98. The van der Waals surface area contributed by atoms with Gasteiger partial charge in [0.25, 0.3) is 0 Å². The third-order valence-electron chi connectivity index (χ3n) is 9.40. The maximum Gasteiger partial charge on any atom is 0.241 e. The van der Waals surface area contributed by atoms with Gasteiger partial charge in [-0.1, -0.05) is 29.8 Å². The van der Waals surface area contributed by atoms with E-state index in [-0.39, 0.29) is 35.1 Å². The van der Waals surface area contributed by atoms with Gasteiger partial charge >= 0.3 is 0 Å². The van der Waals surface area contributed by atoms with Gasteiger partial charge in [-0.15, -0.1) is 0 Å². The molecule has 4 amide bonds. The first-order chi connectivity index (χ1) is 19.1. The van der Waals surface area contributed by atoms with E-state index in [0.717, 1.165) is 5.57 Å². The van der Waals surface area contributed by atoms with Crippen LogP contribution in [-0.2, 0) is 19.2 Å². The summed E-state index contributed by atoms with van der Waals surface area (Å²) < 4.78 is 6.36. The Labute approximate surface area is 248 Å². The van der Waals surface area contributed by atoms with Crippen LogP contribution in [0.3, 0.4) is 0 Å². The van der Waals surface area contributed by atoms with Crippen molar-refractivity contribution in [3.8, 4) is 11.5 Å². The van der Waals surface area contributed by atoms with Crippen LogP contribution in [0.4, 0.5) is 5.69 Å². The number of hydrogen-bond acceptors (Lipinski definition) is 6. The number of phenolic OH excluding ortho intramolecular Hbond substituents is 1. The number of halogens is 2. The molecule has 2 aromatic carbocycles. The van der Waals surface area contributed by atoms with Crippen molar-refractivity contribution in [2.45, 2.75) is 32.6 Å². The summed E-state index contributed by atoms with van der Waals surface area (Å²) in [5.74, 6) is -3.72. The van der Waals surface area contributed by atoms with Gasteiger partial charge in [-0.25, -0.2) is 4.90 Å². The van der Waals surface area contributed by atoms with Crippen LogP contribution in [0.15, 0.2) is 57.0 Å². The molecule has 0 unspecified atom stereocenters. The minimum Gasteiger partial charge on any atom is -0.503 e. The maximum absolute atomic E-state index is 14.4. The lowest BCUT2D eigenvalue weighted by Crippen LogP contribution is -2.49. The fourth-order valence-electron chi connectivity index (χ4n) is 7.54. The van der Waals surface area contributed by atoms with E-state index in [1.165, 1.54) is 16.9 Å². The molecule has 0 radical (unpaired) electrons. The molecule has 0 bridgehead atoms. The molecule has 4 aliphatic rings. The number of allylic oxidation sites excluding steroid dienone is 2. The van der Waals surface area contributed by atoms with Gasteiger partial charge < -0.3 is 9.84 Å². The van der Waals surface area contributed by atoms with Gasteiger partial charge in [0, 0.05) is 16.9 Å². The highest BCUT2D eigenvalue weighted by atomic mass is 79.9. The monoisotopic (exact) mass is 670 g/mol. The van der Waals surface area contributed by atoms with E-state index in [0.29, 0.717) is 39.6 Å². The number of amides is 4. The summed E-state index contributed by atoms with van der Waals surface area (Å²) in [5, 5.41) is 10.7. The summed E-state index contributed by atoms with van der Waals surface area (Å²) in [6, 6.07) is 10.6. The van der Waals surface area contributed by atoms with Crippen molar-refractivity contribution in [1.82, 2.24) is 4.90 Å². The number of hydrogen-bond donors (Lipinski definition) is 1. The van der Waals surface area contributed by atoms with Crippen LogP contribution in [0, 0.1) is 29.1 Å². The van der Waals surface area contributed by atoms with Gasteiger partial charge in [-0.3, -0.25) is 24.1 Å². The Morgan fingerprint density at radius 3 is 2.38 bits per heavy atom. The molecule has 2 aliphatic heterocycles. The first-order valence-corrected chi connectivity index (χ1v) is 14.9. The minimum absolute atomic E-state index is 0.0974. The van der Waals surface area contributed by atoms with E-state index in [9.17, 15) is 24.3 Å². The number of methoxy groups -OCH3 is 1. The van der Waals surface area contributed by atoms with E-state index in [1.54, 1.807) is 37.3 Å². The average Bonchev–Trinajstić information content (AvgIpc) is 3.32. The molecule has 10 heteroatoms. The smallest absolute Gasteiger partial charge is 0.241 e. The number of para-hydroxylation sites is 1. The lowest BCUT2D eigenvalue weighted by Gasteiger charge is -2.49. The number of aromatic hydroxyl groups is 1. The van der Waals surface area contributed by atoms with Gasteiger partial charge in [-0.2, -0.15) is 0 Å². The molecule has 40 heavy (non-hydrogen) atoms. The van der Waals surface area contributed by atoms with Crippen LogP contribution in [0.1, 0.15) is 38.2 Å². The van der Waals surface area contributed by atoms with Crippen molar-refractivity contribution in [2.75, 3.05) is 18.6 Å². The normalized spacial score (nSPS) is 31.2. The van der Waals surface area contributed by atoms with E-state index >= 15 is 0 Å². The highest BCUT2D eigenvalue weighted by molar-refractivity contribution is 9.13. The lowest BCUT2D eigenvalue weighted by atomic mass is 9.51. The standard InChI is InChI=1S/C30H28Br2N2O6/c1-4-33-26(36)16-11-10-15-17(21(16)28(33)38)12-19-27(37)34(14-8-6-5-7-9-14)29(39)30(19,2)22(15)18-13-20(40-3)25(35)24(32)23(18)31/h5-10,13,16-17,19,21-22,35H,4,11-12H2,1-3H3/t16-,17+,19-,21-,22+,30+/m0/s1. The molecule has 2 saturated heterocycles. The summed E-state index contributed by atoms with van der Waals surface area (Å²) in [5.41, 5.74) is 0.830. The van der Waals surface area contributed by atoms with E-state index in [1.807, 2.05) is 19.1 Å². The van der Waals surface area contributed by atoms with Gasteiger partial charge in [0.2, 0.25) is 23.6 Å². The fraction of sp³-hybridized carbons (Fsp3) is 0.400. The van der Waals surface area contributed by atoms with Crippen molar-refractivity contribution >= 4 is 61.2 Å². The number of phenols is 1. The number of carbonyl (C=O) groups is 4. The number of fused-ring (bicyclic) bond motifs is 4. The second-order valence-electron chi connectivity index (χ2n) is 11.1. The summed E-state index contributed by atoms with van der Waals surface area (Å²) in [4.78, 5) is 57.9. The molecule has 0 spiro atoms. The third-order valence-corrected chi connectivity index (χ3v) is 11.6. The Kier molecular flexibility index (Phi) is 6.49. The van der Waals surface area contributed by atoms with Crippen LogP contribution >= 0.6 is 31.9 Å². The van der Waals surface area contributed by atoms with Crippen molar-refractivity contribution in [1.29, 1.82) is 0 Å². The largest absolute Gasteiger partial charge is 0.503 e. The molecule has 2 aliphatic carbocycles. The summed E-state index contributed by atoms with van der Waals surface area (Å²) in [6.45, 7) is 3.91. The topological polar surface area (TPSA) is 104 Å². The highest BCUT2D eigenvalue weighted by Crippen LogP contribution is 2.65. The molecule has 1 N–H and O–H groups in total. The van der Waals surface area contributed by atoms with Crippen LogP contribution in [-0.4, -0.2) is 47.3 Å². The number of ether oxygens (including phenoxy) is 1. The van der Waals surface area contributed by atoms with Crippen LogP contribution in [0.25, 0.3) is 0 Å². The van der Waals surface area contributed by atoms with Gasteiger partial charge in [0.05, 0.1) is 40.4 Å². The molecule has 6 atom stereocenters. The number of anilines is 1. The molecule has 208 valence electrons. The maximum atomic E-state index is 14.4. The SMILES string of the molecule is CCN1C(=O)[C@H]2[C@H](CC=C3[C@H]2C[C@H]2C(=O)N(c4ccccc4)C(=O)[C@@]2(C)[C@H]3c2cc(OC)c(O)c(Br)c2Br)C1=O.